The Morgan fingerprint density at radius 2 is 1.75 bits per heavy atom. The van der Waals surface area contributed by atoms with Crippen molar-refractivity contribution in [3.05, 3.63) is 102 Å². The summed E-state index contributed by atoms with van der Waals surface area (Å²) >= 11 is 0. The zero-order chi connectivity index (χ0) is 23.3. The largest absolute Gasteiger partial charge is 0.315 e. The molecule has 172 valence electrons. The summed E-state index contributed by atoms with van der Waals surface area (Å²) in [6.07, 6.45) is 13.2. The van der Waals surface area contributed by atoms with Crippen LogP contribution in [0.2, 0.25) is 0 Å². The predicted molar refractivity (Wildman–Crippen MR) is 137 cm³/mol. The van der Waals surface area contributed by atoms with E-state index in [1.54, 1.807) is 12.1 Å². The number of nitrogens with zero attached hydrogens (tertiary/aromatic N) is 1. The van der Waals surface area contributed by atoms with Crippen molar-refractivity contribution in [2.45, 2.75) is 59.4 Å². The SMILES string of the molecule is CC.CCC(C)/C=C(\CC(NC)c1ccc(F)cc1)N(C1=CCCC=C1)c1ccccc1. The van der Waals surface area contributed by atoms with Gasteiger partial charge in [0.1, 0.15) is 5.82 Å². The molecule has 0 amide bonds. The van der Waals surface area contributed by atoms with Crippen LogP contribution >= 0.6 is 0 Å². The van der Waals surface area contributed by atoms with Crippen molar-refractivity contribution in [3.8, 4) is 0 Å². The molecule has 1 aliphatic rings. The minimum atomic E-state index is -0.201. The van der Waals surface area contributed by atoms with Gasteiger partial charge in [0.15, 0.2) is 0 Å². The second-order valence-electron chi connectivity index (χ2n) is 7.92. The molecule has 0 spiro atoms. The van der Waals surface area contributed by atoms with E-state index in [0.29, 0.717) is 5.92 Å². The Bertz CT molecular complexity index is 881. The summed E-state index contributed by atoms with van der Waals surface area (Å²) in [7, 11) is 1.97. The van der Waals surface area contributed by atoms with Gasteiger partial charge in [-0.05, 0) is 61.7 Å². The Kier molecular flexibility index (Phi) is 11.0. The first-order valence-electron chi connectivity index (χ1n) is 12.0. The quantitative estimate of drug-likeness (QED) is 0.428. The van der Waals surface area contributed by atoms with Gasteiger partial charge in [0, 0.05) is 29.5 Å². The van der Waals surface area contributed by atoms with Gasteiger partial charge >= 0.3 is 0 Å². The Labute approximate surface area is 194 Å². The number of rotatable bonds is 9. The lowest BCUT2D eigenvalue weighted by atomic mass is 9.97. The molecule has 3 heteroatoms. The monoisotopic (exact) mass is 434 g/mol. The average Bonchev–Trinajstić information content (AvgIpc) is 2.85. The van der Waals surface area contributed by atoms with Crippen LogP contribution in [0.4, 0.5) is 10.1 Å². The number of para-hydroxylation sites is 1. The van der Waals surface area contributed by atoms with Crippen molar-refractivity contribution in [3.63, 3.8) is 0 Å². The molecule has 2 nitrogen and oxygen atoms in total. The minimum absolute atomic E-state index is 0.0975. The third-order valence-corrected chi connectivity index (χ3v) is 5.69. The van der Waals surface area contributed by atoms with Crippen LogP contribution in [-0.4, -0.2) is 7.05 Å². The first kappa shape index (κ1) is 25.6. The molecule has 2 atom stereocenters. The molecule has 0 heterocycles. The molecule has 2 unspecified atom stereocenters. The summed E-state index contributed by atoms with van der Waals surface area (Å²) < 4.78 is 13.5. The Morgan fingerprint density at radius 3 is 2.31 bits per heavy atom. The molecule has 3 rings (SSSR count). The first-order chi connectivity index (χ1) is 15.6. The third-order valence-electron chi connectivity index (χ3n) is 5.69. The predicted octanol–water partition coefficient (Wildman–Crippen LogP) is 8.17. The van der Waals surface area contributed by atoms with Gasteiger partial charge in [-0.25, -0.2) is 4.39 Å². The lowest BCUT2D eigenvalue weighted by Gasteiger charge is -2.33. The van der Waals surface area contributed by atoms with Gasteiger partial charge in [0.2, 0.25) is 0 Å². The summed E-state index contributed by atoms with van der Waals surface area (Å²) in [5.41, 5.74) is 4.74. The maximum atomic E-state index is 13.5. The molecule has 2 aromatic rings. The lowest BCUT2D eigenvalue weighted by molar-refractivity contribution is 0.571. The zero-order valence-corrected chi connectivity index (χ0v) is 20.3. The second kappa shape index (κ2) is 13.7. The van der Waals surface area contributed by atoms with Crippen LogP contribution in [0.1, 0.15) is 65.0 Å². The van der Waals surface area contributed by atoms with Crippen LogP contribution < -0.4 is 10.2 Å². The summed E-state index contributed by atoms with van der Waals surface area (Å²) in [6, 6.07) is 17.5. The molecule has 0 fully saturated rings. The van der Waals surface area contributed by atoms with Crippen LogP contribution in [0.3, 0.4) is 0 Å². The number of nitrogens with one attached hydrogen (secondary N) is 1. The Hall–Kier alpha value is -2.65. The fourth-order valence-corrected chi connectivity index (χ4v) is 3.79. The van der Waals surface area contributed by atoms with Gasteiger partial charge in [-0.15, -0.1) is 0 Å². The van der Waals surface area contributed by atoms with Gasteiger partial charge in [-0.1, -0.05) is 82.7 Å². The molecular formula is C29H39FN2. The fraction of sp³-hybridized carbons (Fsp3) is 0.379. The zero-order valence-electron chi connectivity index (χ0n) is 20.3. The molecular weight excluding hydrogens is 395 g/mol. The first-order valence-corrected chi connectivity index (χ1v) is 12.0. The van der Waals surface area contributed by atoms with E-state index in [1.165, 1.54) is 17.1 Å². The Morgan fingerprint density at radius 1 is 1.06 bits per heavy atom. The van der Waals surface area contributed by atoms with E-state index >= 15 is 0 Å². The van der Waals surface area contributed by atoms with Crippen molar-refractivity contribution in [2.24, 2.45) is 5.92 Å². The molecule has 2 aromatic carbocycles. The maximum Gasteiger partial charge on any atom is 0.123 e. The molecule has 0 radical (unpaired) electrons. The maximum absolute atomic E-state index is 13.5. The van der Waals surface area contributed by atoms with Crippen LogP contribution in [0.5, 0.6) is 0 Å². The van der Waals surface area contributed by atoms with Crippen molar-refractivity contribution in [2.75, 3.05) is 11.9 Å². The van der Waals surface area contributed by atoms with E-state index in [4.69, 9.17) is 0 Å². The fourth-order valence-electron chi connectivity index (χ4n) is 3.79. The highest BCUT2D eigenvalue weighted by atomic mass is 19.1. The lowest BCUT2D eigenvalue weighted by Crippen LogP contribution is -2.27. The summed E-state index contributed by atoms with van der Waals surface area (Å²) in [6.45, 7) is 8.49. The number of hydrogen-bond donors (Lipinski definition) is 1. The van der Waals surface area contributed by atoms with Gasteiger partial charge in [-0.2, -0.15) is 0 Å². The topological polar surface area (TPSA) is 15.3 Å². The van der Waals surface area contributed by atoms with Crippen LogP contribution in [0, 0.1) is 11.7 Å². The highest BCUT2D eigenvalue weighted by Crippen LogP contribution is 2.33. The summed E-state index contributed by atoms with van der Waals surface area (Å²) in [5, 5.41) is 3.44. The minimum Gasteiger partial charge on any atom is -0.315 e. The van der Waals surface area contributed by atoms with E-state index < -0.39 is 0 Å². The molecule has 0 saturated carbocycles. The molecule has 1 aliphatic carbocycles. The van der Waals surface area contributed by atoms with Crippen LogP contribution in [0.15, 0.2) is 90.3 Å². The molecule has 0 bridgehead atoms. The number of anilines is 1. The van der Waals surface area contributed by atoms with Crippen molar-refractivity contribution < 1.29 is 4.39 Å². The third kappa shape index (κ3) is 7.20. The van der Waals surface area contributed by atoms with E-state index in [-0.39, 0.29) is 11.9 Å². The van der Waals surface area contributed by atoms with E-state index in [0.717, 1.165) is 31.2 Å². The van der Waals surface area contributed by atoms with Gasteiger partial charge in [0.25, 0.3) is 0 Å². The Balaban J connectivity index is 0.00000176. The smallest absolute Gasteiger partial charge is 0.123 e. The van der Waals surface area contributed by atoms with Crippen molar-refractivity contribution in [1.29, 1.82) is 0 Å². The van der Waals surface area contributed by atoms with E-state index in [2.05, 4.69) is 78.7 Å². The number of allylic oxidation sites excluding steroid dienone is 4. The summed E-state index contributed by atoms with van der Waals surface area (Å²) in [4.78, 5) is 2.38. The van der Waals surface area contributed by atoms with Gasteiger partial charge in [-0.3, -0.25) is 0 Å². The summed E-state index contributed by atoms with van der Waals surface area (Å²) in [5.74, 6) is 0.262. The van der Waals surface area contributed by atoms with Crippen molar-refractivity contribution in [1.82, 2.24) is 5.32 Å². The van der Waals surface area contributed by atoms with Gasteiger partial charge in [0.05, 0.1) is 0 Å². The normalized spacial score (nSPS) is 15.3. The van der Waals surface area contributed by atoms with Crippen LogP contribution in [-0.2, 0) is 0 Å². The molecule has 1 N–H and O–H groups in total. The molecule has 32 heavy (non-hydrogen) atoms. The average molecular weight is 435 g/mol. The molecule has 0 aliphatic heterocycles. The molecule has 0 aromatic heterocycles. The van der Waals surface area contributed by atoms with Crippen LogP contribution in [0.25, 0.3) is 0 Å². The van der Waals surface area contributed by atoms with Crippen molar-refractivity contribution >= 4 is 5.69 Å². The number of halogens is 1. The highest BCUT2D eigenvalue weighted by Gasteiger charge is 2.21. The highest BCUT2D eigenvalue weighted by molar-refractivity contribution is 5.61. The van der Waals surface area contributed by atoms with Gasteiger partial charge < -0.3 is 10.2 Å². The number of benzene rings is 2. The second-order valence-corrected chi connectivity index (χ2v) is 7.92. The van der Waals surface area contributed by atoms with E-state index in [1.807, 2.05) is 33.0 Å². The van der Waals surface area contributed by atoms with E-state index in [9.17, 15) is 4.39 Å². The number of hydrogen-bond acceptors (Lipinski definition) is 2. The standard InChI is InChI=1S/C27H33FN2.C2H6/c1-4-21(2)19-26(20-27(29-3)22-15-17-23(28)18-16-22)30(24-11-7-5-8-12-24)25-13-9-6-10-14-25;1-2/h5,7-9,11-19,21,27,29H,4,6,10,20H2,1-3H3;1-2H3/b26-19+;. The molecule has 0 saturated heterocycles.